The standard InChI is InChI=1S/C15H19F2N3O/c1-9(2)4-14(15(21)19-3)20-8-11-12(16)5-10(7-18)6-13(11)17/h5-6,9,14,20H,4,8H2,1-3H3,(H,19,21). The maximum Gasteiger partial charge on any atom is 0.236 e. The topological polar surface area (TPSA) is 64.9 Å². The highest BCUT2D eigenvalue weighted by Gasteiger charge is 2.20. The number of benzene rings is 1. The Morgan fingerprint density at radius 1 is 1.33 bits per heavy atom. The number of halogens is 2. The minimum absolute atomic E-state index is 0.0706. The van der Waals surface area contributed by atoms with E-state index in [-0.39, 0.29) is 29.5 Å². The number of nitrogens with zero attached hydrogens (tertiary/aromatic N) is 1. The Bertz CT molecular complexity index is 529. The van der Waals surface area contributed by atoms with Crippen molar-refractivity contribution in [1.29, 1.82) is 5.26 Å². The van der Waals surface area contributed by atoms with Gasteiger partial charge in [-0.25, -0.2) is 8.78 Å². The number of hydrogen-bond donors (Lipinski definition) is 2. The van der Waals surface area contributed by atoms with Crippen molar-refractivity contribution in [3.8, 4) is 6.07 Å². The van der Waals surface area contributed by atoms with Crippen LogP contribution in [0.3, 0.4) is 0 Å². The van der Waals surface area contributed by atoms with Gasteiger partial charge in [0.1, 0.15) is 11.6 Å². The predicted molar refractivity (Wildman–Crippen MR) is 75.2 cm³/mol. The first-order valence-electron chi connectivity index (χ1n) is 6.72. The summed E-state index contributed by atoms with van der Waals surface area (Å²) >= 11 is 0. The van der Waals surface area contributed by atoms with E-state index in [4.69, 9.17) is 5.26 Å². The smallest absolute Gasteiger partial charge is 0.236 e. The van der Waals surface area contributed by atoms with Crippen LogP contribution in [-0.4, -0.2) is 19.0 Å². The molecule has 1 unspecified atom stereocenters. The average molecular weight is 295 g/mol. The third-order valence-electron chi connectivity index (χ3n) is 3.07. The number of amides is 1. The van der Waals surface area contributed by atoms with Crippen molar-refractivity contribution in [3.63, 3.8) is 0 Å². The molecular weight excluding hydrogens is 276 g/mol. The molecule has 1 aromatic rings. The molecule has 1 aromatic carbocycles. The Kier molecular flexibility index (Phi) is 6.25. The first-order valence-corrected chi connectivity index (χ1v) is 6.72. The first kappa shape index (κ1) is 17.1. The number of likely N-dealkylation sites (N-methyl/N-ethyl adjacent to an activating group) is 1. The number of rotatable bonds is 6. The molecule has 0 aliphatic carbocycles. The fourth-order valence-corrected chi connectivity index (χ4v) is 1.99. The van der Waals surface area contributed by atoms with Crippen molar-refractivity contribution in [1.82, 2.24) is 10.6 Å². The van der Waals surface area contributed by atoms with Gasteiger partial charge in [-0.05, 0) is 24.5 Å². The molecule has 0 saturated heterocycles. The van der Waals surface area contributed by atoms with Gasteiger partial charge in [-0.3, -0.25) is 4.79 Å². The molecule has 114 valence electrons. The normalized spacial score (nSPS) is 12.0. The summed E-state index contributed by atoms with van der Waals surface area (Å²) in [4.78, 5) is 11.7. The van der Waals surface area contributed by atoms with E-state index >= 15 is 0 Å². The molecule has 1 rings (SSSR count). The minimum atomic E-state index is -0.792. The Hall–Kier alpha value is -2.00. The van der Waals surface area contributed by atoms with Gasteiger partial charge in [0, 0.05) is 19.2 Å². The predicted octanol–water partition coefficient (Wildman–Crippen LogP) is 2.09. The van der Waals surface area contributed by atoms with E-state index in [0.717, 1.165) is 12.1 Å². The van der Waals surface area contributed by atoms with E-state index in [1.807, 2.05) is 13.8 Å². The lowest BCUT2D eigenvalue weighted by Crippen LogP contribution is -2.43. The molecular formula is C15H19F2N3O. The average Bonchev–Trinajstić information content (AvgIpc) is 2.43. The summed E-state index contributed by atoms with van der Waals surface area (Å²) in [7, 11) is 1.51. The molecule has 0 aliphatic heterocycles. The fraction of sp³-hybridized carbons (Fsp3) is 0.467. The van der Waals surface area contributed by atoms with Crippen LogP contribution < -0.4 is 10.6 Å². The van der Waals surface area contributed by atoms with Crippen molar-refractivity contribution in [3.05, 3.63) is 34.9 Å². The first-order chi connectivity index (χ1) is 9.88. The number of nitrogens with one attached hydrogen (secondary N) is 2. The van der Waals surface area contributed by atoms with Gasteiger partial charge in [0.05, 0.1) is 17.7 Å². The zero-order chi connectivity index (χ0) is 16.0. The zero-order valence-electron chi connectivity index (χ0n) is 12.3. The fourth-order valence-electron chi connectivity index (χ4n) is 1.99. The van der Waals surface area contributed by atoms with Crippen LogP contribution in [0, 0.1) is 28.9 Å². The maximum atomic E-state index is 13.8. The van der Waals surface area contributed by atoms with Crippen LogP contribution in [0.2, 0.25) is 0 Å². The highest BCUT2D eigenvalue weighted by Crippen LogP contribution is 2.16. The van der Waals surface area contributed by atoms with Crippen molar-refractivity contribution in [2.24, 2.45) is 5.92 Å². The van der Waals surface area contributed by atoms with E-state index in [1.165, 1.54) is 7.05 Å². The van der Waals surface area contributed by atoms with Gasteiger partial charge in [-0.2, -0.15) is 5.26 Å². The van der Waals surface area contributed by atoms with E-state index in [0.29, 0.717) is 6.42 Å². The molecule has 4 nitrogen and oxygen atoms in total. The summed E-state index contributed by atoms with van der Waals surface area (Å²) in [6, 6.07) is 3.13. The molecule has 21 heavy (non-hydrogen) atoms. The van der Waals surface area contributed by atoms with Gasteiger partial charge in [-0.15, -0.1) is 0 Å². The van der Waals surface area contributed by atoms with Crippen molar-refractivity contribution in [2.45, 2.75) is 32.9 Å². The number of nitriles is 1. The number of hydrogen-bond acceptors (Lipinski definition) is 3. The molecule has 0 fully saturated rings. The highest BCUT2D eigenvalue weighted by molar-refractivity contribution is 5.81. The van der Waals surface area contributed by atoms with E-state index < -0.39 is 17.7 Å². The Morgan fingerprint density at radius 2 is 1.90 bits per heavy atom. The summed E-state index contributed by atoms with van der Waals surface area (Å²) in [6.07, 6.45) is 0.555. The van der Waals surface area contributed by atoms with Gasteiger partial charge in [0.15, 0.2) is 0 Å². The molecule has 0 aliphatic rings. The lowest BCUT2D eigenvalue weighted by atomic mass is 10.0. The summed E-state index contributed by atoms with van der Waals surface area (Å²) in [6.45, 7) is 3.80. The second-order valence-electron chi connectivity index (χ2n) is 5.21. The molecule has 2 N–H and O–H groups in total. The monoisotopic (exact) mass is 295 g/mol. The minimum Gasteiger partial charge on any atom is -0.358 e. The summed E-state index contributed by atoms with van der Waals surface area (Å²) in [5, 5.41) is 14.0. The van der Waals surface area contributed by atoms with Crippen LogP contribution >= 0.6 is 0 Å². The van der Waals surface area contributed by atoms with E-state index in [2.05, 4.69) is 10.6 Å². The molecule has 0 aromatic heterocycles. The van der Waals surface area contributed by atoms with Gasteiger partial charge < -0.3 is 10.6 Å². The maximum absolute atomic E-state index is 13.8. The van der Waals surface area contributed by atoms with Crippen LogP contribution in [0.4, 0.5) is 8.78 Å². The van der Waals surface area contributed by atoms with Crippen LogP contribution in [0.1, 0.15) is 31.4 Å². The molecule has 0 bridgehead atoms. The summed E-state index contributed by atoms with van der Waals surface area (Å²) < 4.78 is 27.5. The molecule has 0 saturated carbocycles. The van der Waals surface area contributed by atoms with E-state index in [1.54, 1.807) is 6.07 Å². The Balaban J connectivity index is 2.85. The van der Waals surface area contributed by atoms with Gasteiger partial charge in [0.25, 0.3) is 0 Å². The quantitative estimate of drug-likeness (QED) is 0.844. The van der Waals surface area contributed by atoms with Crippen molar-refractivity contribution >= 4 is 5.91 Å². The molecule has 0 radical (unpaired) electrons. The third kappa shape index (κ3) is 4.80. The van der Waals surface area contributed by atoms with Crippen LogP contribution in [-0.2, 0) is 11.3 Å². The van der Waals surface area contributed by atoms with Crippen LogP contribution in [0.5, 0.6) is 0 Å². The van der Waals surface area contributed by atoms with Gasteiger partial charge in [0.2, 0.25) is 5.91 Å². The van der Waals surface area contributed by atoms with Crippen molar-refractivity contribution in [2.75, 3.05) is 7.05 Å². The lowest BCUT2D eigenvalue weighted by molar-refractivity contribution is -0.123. The van der Waals surface area contributed by atoms with Crippen LogP contribution in [0.15, 0.2) is 12.1 Å². The molecule has 1 atom stereocenters. The second-order valence-corrected chi connectivity index (χ2v) is 5.21. The SMILES string of the molecule is CNC(=O)C(CC(C)C)NCc1c(F)cc(C#N)cc1F. The summed E-state index contributed by atoms with van der Waals surface area (Å²) in [5.41, 5.74) is -0.245. The molecule has 0 heterocycles. The summed E-state index contributed by atoms with van der Waals surface area (Å²) in [5.74, 6) is -1.55. The third-order valence-corrected chi connectivity index (χ3v) is 3.07. The van der Waals surface area contributed by atoms with Gasteiger partial charge in [-0.1, -0.05) is 13.8 Å². The molecule has 6 heteroatoms. The largest absolute Gasteiger partial charge is 0.358 e. The molecule has 1 amide bonds. The second kappa shape index (κ2) is 7.70. The Morgan fingerprint density at radius 3 is 2.33 bits per heavy atom. The van der Waals surface area contributed by atoms with E-state index in [9.17, 15) is 13.6 Å². The number of carbonyl (C=O) groups is 1. The zero-order valence-corrected chi connectivity index (χ0v) is 12.3. The van der Waals surface area contributed by atoms with Gasteiger partial charge >= 0.3 is 0 Å². The lowest BCUT2D eigenvalue weighted by Gasteiger charge is -2.19. The van der Waals surface area contributed by atoms with Crippen molar-refractivity contribution < 1.29 is 13.6 Å². The highest BCUT2D eigenvalue weighted by atomic mass is 19.1. The van der Waals surface area contributed by atoms with Crippen LogP contribution in [0.25, 0.3) is 0 Å². The number of carbonyl (C=O) groups excluding carboxylic acids is 1. The molecule has 0 spiro atoms. The Labute approximate surface area is 123 Å².